The molecule has 16 nitrogen and oxygen atoms in total. The van der Waals surface area contributed by atoms with Gasteiger partial charge in [0.1, 0.15) is 30.6 Å². The Bertz CT molecular complexity index is 1550. The molecule has 1 saturated heterocycles. The van der Waals surface area contributed by atoms with E-state index >= 15 is 0 Å². The average molecular weight is 834 g/mol. The van der Waals surface area contributed by atoms with Crippen LogP contribution in [-0.4, -0.2) is 100 Å². The van der Waals surface area contributed by atoms with Crippen molar-refractivity contribution in [3.05, 3.63) is 35.9 Å². The van der Waals surface area contributed by atoms with Gasteiger partial charge in [-0.1, -0.05) is 56.5 Å². The van der Waals surface area contributed by atoms with Crippen LogP contribution in [0.3, 0.4) is 0 Å². The minimum atomic E-state index is -5.10. The normalized spacial score (nSPS) is 18.3. The molecular weight excluding hydrogens is 778 g/mol. The highest BCUT2D eigenvalue weighted by molar-refractivity contribution is 7.53. The molecule has 3 rings (SSSR count). The van der Waals surface area contributed by atoms with E-state index in [1.807, 2.05) is 30.3 Å². The Morgan fingerprint density at radius 2 is 1.56 bits per heavy atom. The molecular formula is C37H55F3N5O11P. The Labute approximate surface area is 329 Å². The second kappa shape index (κ2) is 23.3. The smallest absolute Gasteiger partial charge is 0.471 e. The molecule has 1 aromatic carbocycles. The number of nitrogens with zero attached hydrogens (tertiary/aromatic N) is 1. The van der Waals surface area contributed by atoms with E-state index in [1.165, 1.54) is 0 Å². The fraction of sp³-hybridized carbons (Fsp3) is 0.676. The number of likely N-dealkylation sites (tertiary alicyclic amines) is 1. The Hall–Kier alpha value is -4.22. The molecule has 2 aliphatic rings. The van der Waals surface area contributed by atoms with E-state index in [0.29, 0.717) is 44.9 Å². The predicted molar refractivity (Wildman–Crippen MR) is 199 cm³/mol. The molecule has 0 radical (unpaired) electrons. The number of unbranched alkanes of at least 4 members (excludes halogenated alkanes) is 3. The largest absolute Gasteiger partial charge is 0.480 e. The van der Waals surface area contributed by atoms with Gasteiger partial charge in [0.25, 0.3) is 5.91 Å². The van der Waals surface area contributed by atoms with Crippen molar-refractivity contribution in [1.29, 1.82) is 0 Å². The van der Waals surface area contributed by atoms with E-state index in [4.69, 9.17) is 9.26 Å². The maximum absolute atomic E-state index is 14.0. The Morgan fingerprint density at radius 1 is 0.895 bits per heavy atom. The lowest BCUT2D eigenvalue weighted by Crippen LogP contribution is -2.52. The summed E-state index contributed by atoms with van der Waals surface area (Å²) in [5.41, 5.74) is 0.814. The molecule has 1 heterocycles. The minimum Gasteiger partial charge on any atom is -0.480 e. The van der Waals surface area contributed by atoms with Crippen LogP contribution >= 0.6 is 7.60 Å². The molecule has 2 unspecified atom stereocenters. The maximum atomic E-state index is 14.0. The minimum absolute atomic E-state index is 0.0236. The summed E-state index contributed by atoms with van der Waals surface area (Å²) in [6.07, 6.45) is -3.56. The van der Waals surface area contributed by atoms with Gasteiger partial charge in [-0.2, -0.15) is 13.2 Å². The number of carboxylic acid groups (broad SMARTS) is 1. The van der Waals surface area contributed by atoms with E-state index in [0.717, 1.165) is 16.9 Å². The number of nitrogens with one attached hydrogen (secondary N) is 4. The summed E-state index contributed by atoms with van der Waals surface area (Å²) in [5.74, 6) is -7.29. The van der Waals surface area contributed by atoms with Gasteiger partial charge in [-0.05, 0) is 76.2 Å². The number of halogens is 3. The van der Waals surface area contributed by atoms with Gasteiger partial charge < -0.3 is 40.9 Å². The number of alkyl halides is 3. The Kier molecular flexibility index (Phi) is 19.2. The van der Waals surface area contributed by atoms with Crippen LogP contribution in [0.2, 0.25) is 0 Å². The number of aliphatic carboxylic acids is 1. The number of hydrogen-bond acceptors (Lipinski definition) is 9. The summed E-state index contributed by atoms with van der Waals surface area (Å²) < 4.78 is 62.6. The second-order valence-corrected chi connectivity index (χ2v) is 16.2. The second-order valence-electron chi connectivity index (χ2n) is 14.3. The zero-order chi connectivity index (χ0) is 42.0. The van der Waals surface area contributed by atoms with E-state index in [2.05, 4.69) is 16.0 Å². The fourth-order valence-electron chi connectivity index (χ4n) is 6.35. The molecule has 1 saturated carbocycles. The molecule has 2 fully saturated rings. The molecule has 57 heavy (non-hydrogen) atoms. The lowest BCUT2D eigenvalue weighted by molar-refractivity contribution is -0.173. The molecule has 320 valence electrons. The molecule has 6 N–H and O–H groups in total. The number of amides is 5. The van der Waals surface area contributed by atoms with Crippen LogP contribution < -0.4 is 21.3 Å². The van der Waals surface area contributed by atoms with E-state index in [-0.39, 0.29) is 70.0 Å². The molecule has 1 aliphatic carbocycles. The van der Waals surface area contributed by atoms with E-state index in [9.17, 15) is 56.5 Å². The summed E-state index contributed by atoms with van der Waals surface area (Å²) in [7, 11) is -4.96. The van der Waals surface area contributed by atoms with Gasteiger partial charge in [-0.3, -0.25) is 28.3 Å². The number of hydrogen-bond donors (Lipinski definition) is 6. The standard InChI is InChI=1S/C37H55F3N5O11P/c1-2-3-20-30(57(53,54)56-29(19-8-10-21-41-35(51)37(38,39)40)33(48)45-23-12-18-28(45)34(49)50)44-32(47)27(43-31(46)26-15-11-16-26)17-7-9-22-42-36(52)55-24-25-13-5-4-6-14-25/h4-6,13-14,26-30H,2-3,7-12,15-24H2,1H3,(H,41,51)(H,42,52)(H,43,46)(H,44,47)(H,49,50)(H,53,54)/t27-,28-,29?,30-/m0/s1. The SMILES string of the molecule is CCCC[C@@H](NC(=O)[C@H](CCCCNC(=O)OCc1ccccc1)NC(=O)C1CCC1)P(=O)(O)OC(CCCCNC(=O)C(F)(F)F)C(=O)N1CCC[C@H]1C(=O)O. The molecule has 0 spiro atoms. The number of benzene rings is 1. The van der Waals surface area contributed by atoms with Gasteiger partial charge in [0.15, 0.2) is 0 Å². The highest BCUT2D eigenvalue weighted by Gasteiger charge is 2.43. The number of alkyl carbamates (subject to hydrolysis) is 1. The van der Waals surface area contributed by atoms with Gasteiger partial charge >= 0.3 is 31.7 Å². The first-order valence-corrected chi connectivity index (χ1v) is 21.1. The van der Waals surface area contributed by atoms with E-state index in [1.54, 1.807) is 12.2 Å². The summed E-state index contributed by atoms with van der Waals surface area (Å²) in [6, 6.07) is 6.75. The Balaban J connectivity index is 1.69. The summed E-state index contributed by atoms with van der Waals surface area (Å²) >= 11 is 0. The van der Waals surface area contributed by atoms with E-state index < -0.39 is 74.1 Å². The third kappa shape index (κ3) is 15.9. The molecule has 1 aliphatic heterocycles. The number of ether oxygens (including phenoxy) is 1. The molecule has 5 amide bonds. The maximum Gasteiger partial charge on any atom is 0.471 e. The predicted octanol–water partition coefficient (Wildman–Crippen LogP) is 4.50. The Morgan fingerprint density at radius 3 is 2.18 bits per heavy atom. The van der Waals surface area contributed by atoms with Crippen molar-refractivity contribution in [3.8, 4) is 0 Å². The van der Waals surface area contributed by atoms with Crippen molar-refractivity contribution in [2.45, 2.75) is 134 Å². The van der Waals surface area contributed by atoms with Crippen molar-refractivity contribution in [1.82, 2.24) is 26.2 Å². The van der Waals surface area contributed by atoms with Crippen molar-refractivity contribution in [3.63, 3.8) is 0 Å². The third-order valence-electron chi connectivity index (χ3n) is 9.86. The first kappa shape index (κ1) is 47.2. The van der Waals surface area contributed by atoms with Crippen LogP contribution in [0.25, 0.3) is 0 Å². The highest BCUT2D eigenvalue weighted by Crippen LogP contribution is 2.50. The average Bonchev–Trinajstić information content (AvgIpc) is 3.64. The van der Waals surface area contributed by atoms with Crippen LogP contribution in [0.15, 0.2) is 30.3 Å². The number of rotatable bonds is 24. The zero-order valence-electron chi connectivity index (χ0n) is 32.1. The fourth-order valence-corrected chi connectivity index (χ4v) is 7.86. The first-order chi connectivity index (χ1) is 27.0. The molecule has 1 aromatic rings. The summed E-state index contributed by atoms with van der Waals surface area (Å²) in [6.45, 7) is 1.70. The van der Waals surface area contributed by atoms with Gasteiger partial charge in [0, 0.05) is 25.6 Å². The summed E-state index contributed by atoms with van der Waals surface area (Å²) in [5, 5.41) is 19.3. The van der Waals surface area contributed by atoms with Crippen LogP contribution in [0.4, 0.5) is 18.0 Å². The highest BCUT2D eigenvalue weighted by atomic mass is 31.2. The lowest BCUT2D eigenvalue weighted by atomic mass is 9.84. The molecule has 20 heteroatoms. The van der Waals surface area contributed by atoms with Gasteiger partial charge in [-0.25, -0.2) is 9.59 Å². The van der Waals surface area contributed by atoms with Crippen molar-refractivity contribution in [2.24, 2.45) is 5.92 Å². The van der Waals surface area contributed by atoms with Crippen molar-refractivity contribution >= 4 is 43.3 Å². The van der Waals surface area contributed by atoms with Gasteiger partial charge in [0.2, 0.25) is 11.8 Å². The van der Waals surface area contributed by atoms with Crippen LogP contribution in [0, 0.1) is 5.92 Å². The van der Waals surface area contributed by atoms with Gasteiger partial charge in [0.05, 0.1) is 0 Å². The topological polar surface area (TPSA) is 230 Å². The first-order valence-electron chi connectivity index (χ1n) is 19.5. The number of carboxylic acids is 1. The molecule has 0 aromatic heterocycles. The van der Waals surface area contributed by atoms with Crippen LogP contribution in [0.1, 0.15) is 102 Å². The monoisotopic (exact) mass is 833 g/mol. The van der Waals surface area contributed by atoms with Crippen molar-refractivity contribution < 1.29 is 65.8 Å². The van der Waals surface area contributed by atoms with Crippen LogP contribution in [0.5, 0.6) is 0 Å². The third-order valence-corrected chi connectivity index (χ3v) is 11.6. The zero-order valence-corrected chi connectivity index (χ0v) is 33.0. The number of carbonyl (C=O) groups excluding carboxylic acids is 5. The lowest BCUT2D eigenvalue weighted by Gasteiger charge is -2.32. The van der Waals surface area contributed by atoms with Gasteiger partial charge in [-0.15, -0.1) is 0 Å². The van der Waals surface area contributed by atoms with Crippen LogP contribution in [-0.2, 0) is 44.4 Å². The molecule has 0 bridgehead atoms. The summed E-state index contributed by atoms with van der Waals surface area (Å²) in [4.78, 5) is 88.0. The molecule has 5 atom stereocenters. The van der Waals surface area contributed by atoms with Crippen molar-refractivity contribution in [2.75, 3.05) is 19.6 Å². The quantitative estimate of drug-likeness (QED) is 0.0628. The number of carbonyl (C=O) groups is 6.